The maximum absolute atomic E-state index is 4.43. The highest BCUT2D eigenvalue weighted by atomic mass is 15.3. The van der Waals surface area contributed by atoms with Crippen LogP contribution >= 0.6 is 0 Å². The van der Waals surface area contributed by atoms with Crippen LogP contribution in [0.3, 0.4) is 0 Å². The van der Waals surface area contributed by atoms with Crippen LogP contribution in [0.15, 0.2) is 42.7 Å². The SMILES string of the molecule is CCCNc1cc(N2CCN(c3ccccc3)CC2)ncn1. The number of rotatable bonds is 5. The van der Waals surface area contributed by atoms with E-state index in [4.69, 9.17) is 0 Å². The summed E-state index contributed by atoms with van der Waals surface area (Å²) in [5, 5.41) is 3.32. The molecule has 0 amide bonds. The fraction of sp³-hybridized carbons (Fsp3) is 0.412. The molecule has 1 aromatic carbocycles. The molecule has 5 heteroatoms. The molecular formula is C17H23N5. The van der Waals surface area contributed by atoms with Gasteiger partial charge in [-0.3, -0.25) is 0 Å². The molecule has 22 heavy (non-hydrogen) atoms. The van der Waals surface area contributed by atoms with Crippen LogP contribution in [-0.2, 0) is 0 Å². The topological polar surface area (TPSA) is 44.3 Å². The van der Waals surface area contributed by atoms with Gasteiger partial charge in [0.05, 0.1) is 0 Å². The Kier molecular flexibility index (Phi) is 4.73. The van der Waals surface area contributed by atoms with Gasteiger partial charge in [-0.1, -0.05) is 25.1 Å². The molecule has 0 unspecified atom stereocenters. The molecule has 1 aliphatic heterocycles. The second-order valence-corrected chi connectivity index (χ2v) is 5.50. The van der Waals surface area contributed by atoms with E-state index in [1.54, 1.807) is 6.33 Å². The summed E-state index contributed by atoms with van der Waals surface area (Å²) < 4.78 is 0. The van der Waals surface area contributed by atoms with Gasteiger partial charge in [0.2, 0.25) is 0 Å². The van der Waals surface area contributed by atoms with Crippen molar-refractivity contribution in [1.29, 1.82) is 0 Å². The number of benzene rings is 1. The number of nitrogens with zero attached hydrogens (tertiary/aromatic N) is 4. The zero-order chi connectivity index (χ0) is 15.2. The summed E-state index contributed by atoms with van der Waals surface area (Å²) in [6.45, 7) is 7.10. The van der Waals surface area contributed by atoms with Crippen LogP contribution in [-0.4, -0.2) is 42.7 Å². The summed E-state index contributed by atoms with van der Waals surface area (Å²) in [6.07, 6.45) is 2.74. The molecule has 2 aromatic rings. The van der Waals surface area contributed by atoms with Crippen LogP contribution in [0, 0.1) is 0 Å². The third kappa shape index (κ3) is 3.47. The number of hydrogen-bond acceptors (Lipinski definition) is 5. The maximum atomic E-state index is 4.43. The zero-order valence-corrected chi connectivity index (χ0v) is 13.1. The molecule has 0 saturated carbocycles. The van der Waals surface area contributed by atoms with Gasteiger partial charge < -0.3 is 15.1 Å². The van der Waals surface area contributed by atoms with Crippen LogP contribution in [0.4, 0.5) is 17.3 Å². The summed E-state index contributed by atoms with van der Waals surface area (Å²) in [4.78, 5) is 13.5. The molecule has 0 spiro atoms. The van der Waals surface area contributed by atoms with Crippen LogP contribution in [0.5, 0.6) is 0 Å². The van der Waals surface area contributed by atoms with Gasteiger partial charge in [-0.2, -0.15) is 0 Å². The van der Waals surface area contributed by atoms with Crippen molar-refractivity contribution in [3.63, 3.8) is 0 Å². The Morgan fingerprint density at radius 1 is 1.00 bits per heavy atom. The van der Waals surface area contributed by atoms with Crippen molar-refractivity contribution in [3.05, 3.63) is 42.7 Å². The first-order valence-corrected chi connectivity index (χ1v) is 7.97. The van der Waals surface area contributed by atoms with E-state index in [2.05, 4.69) is 62.3 Å². The van der Waals surface area contributed by atoms with E-state index in [9.17, 15) is 0 Å². The number of aromatic nitrogens is 2. The zero-order valence-electron chi connectivity index (χ0n) is 13.1. The highest BCUT2D eigenvalue weighted by Gasteiger charge is 2.18. The number of piperazine rings is 1. The Bertz CT molecular complexity index is 579. The number of hydrogen-bond donors (Lipinski definition) is 1. The van der Waals surface area contributed by atoms with Gasteiger partial charge in [0, 0.05) is 44.5 Å². The first-order valence-electron chi connectivity index (χ1n) is 7.97. The lowest BCUT2D eigenvalue weighted by Gasteiger charge is -2.36. The molecule has 116 valence electrons. The minimum Gasteiger partial charge on any atom is -0.370 e. The third-order valence-corrected chi connectivity index (χ3v) is 3.93. The molecule has 0 bridgehead atoms. The van der Waals surface area contributed by atoms with Crippen molar-refractivity contribution >= 4 is 17.3 Å². The lowest BCUT2D eigenvalue weighted by Crippen LogP contribution is -2.46. The molecule has 3 rings (SSSR count). The average molecular weight is 297 g/mol. The molecule has 1 N–H and O–H groups in total. The second-order valence-electron chi connectivity index (χ2n) is 5.50. The fourth-order valence-corrected chi connectivity index (χ4v) is 2.70. The highest BCUT2D eigenvalue weighted by Crippen LogP contribution is 2.20. The lowest BCUT2D eigenvalue weighted by atomic mass is 10.2. The first kappa shape index (κ1) is 14.6. The largest absolute Gasteiger partial charge is 0.370 e. The first-order chi connectivity index (χ1) is 10.9. The minimum absolute atomic E-state index is 0.914. The Morgan fingerprint density at radius 2 is 1.73 bits per heavy atom. The predicted molar refractivity (Wildman–Crippen MR) is 91.7 cm³/mol. The van der Waals surface area contributed by atoms with Crippen molar-refractivity contribution in [2.24, 2.45) is 0 Å². The summed E-state index contributed by atoms with van der Waals surface area (Å²) in [7, 11) is 0. The minimum atomic E-state index is 0.914. The van der Waals surface area contributed by atoms with E-state index < -0.39 is 0 Å². The van der Waals surface area contributed by atoms with Gasteiger partial charge in [0.1, 0.15) is 18.0 Å². The smallest absolute Gasteiger partial charge is 0.134 e. The normalized spacial score (nSPS) is 15.0. The Balaban J connectivity index is 1.61. The molecular weight excluding hydrogens is 274 g/mol. The Morgan fingerprint density at radius 3 is 2.45 bits per heavy atom. The van der Waals surface area contributed by atoms with Gasteiger partial charge in [-0.25, -0.2) is 9.97 Å². The number of nitrogens with one attached hydrogen (secondary N) is 1. The quantitative estimate of drug-likeness (QED) is 0.919. The molecule has 1 aromatic heterocycles. The van der Waals surface area contributed by atoms with Crippen LogP contribution in [0.2, 0.25) is 0 Å². The highest BCUT2D eigenvalue weighted by molar-refractivity contribution is 5.52. The van der Waals surface area contributed by atoms with E-state index in [1.165, 1.54) is 5.69 Å². The van der Waals surface area contributed by atoms with Crippen molar-refractivity contribution in [2.45, 2.75) is 13.3 Å². The van der Waals surface area contributed by atoms with Crippen molar-refractivity contribution in [3.8, 4) is 0 Å². The molecule has 0 atom stereocenters. The van der Waals surface area contributed by atoms with Crippen LogP contribution in [0.1, 0.15) is 13.3 Å². The third-order valence-electron chi connectivity index (χ3n) is 3.93. The summed E-state index contributed by atoms with van der Waals surface area (Å²) in [6, 6.07) is 12.6. The van der Waals surface area contributed by atoms with E-state index in [0.717, 1.165) is 50.8 Å². The van der Waals surface area contributed by atoms with Crippen molar-refractivity contribution in [1.82, 2.24) is 9.97 Å². The molecule has 2 heterocycles. The van der Waals surface area contributed by atoms with Gasteiger partial charge in [0.15, 0.2) is 0 Å². The summed E-state index contributed by atoms with van der Waals surface area (Å²) in [5.74, 6) is 1.93. The fourth-order valence-electron chi connectivity index (χ4n) is 2.70. The molecule has 1 aliphatic rings. The second kappa shape index (κ2) is 7.11. The Labute approximate surface area is 132 Å². The van der Waals surface area contributed by atoms with Crippen LogP contribution in [0.25, 0.3) is 0 Å². The van der Waals surface area contributed by atoms with Gasteiger partial charge in [-0.05, 0) is 18.6 Å². The monoisotopic (exact) mass is 297 g/mol. The summed E-state index contributed by atoms with van der Waals surface area (Å²) in [5.41, 5.74) is 1.30. The molecule has 0 aliphatic carbocycles. The lowest BCUT2D eigenvalue weighted by molar-refractivity contribution is 0.647. The van der Waals surface area contributed by atoms with E-state index in [-0.39, 0.29) is 0 Å². The van der Waals surface area contributed by atoms with Crippen LogP contribution < -0.4 is 15.1 Å². The number of anilines is 3. The number of para-hydroxylation sites is 1. The predicted octanol–water partition coefficient (Wildman–Crippen LogP) is 2.63. The molecule has 1 saturated heterocycles. The molecule has 5 nitrogen and oxygen atoms in total. The average Bonchev–Trinajstić information content (AvgIpc) is 2.61. The van der Waals surface area contributed by atoms with Gasteiger partial charge in [0.25, 0.3) is 0 Å². The van der Waals surface area contributed by atoms with Crippen molar-refractivity contribution in [2.75, 3.05) is 47.8 Å². The van der Waals surface area contributed by atoms with E-state index in [0.29, 0.717) is 0 Å². The van der Waals surface area contributed by atoms with Gasteiger partial charge in [-0.15, -0.1) is 0 Å². The van der Waals surface area contributed by atoms with E-state index >= 15 is 0 Å². The summed E-state index contributed by atoms with van der Waals surface area (Å²) >= 11 is 0. The maximum Gasteiger partial charge on any atom is 0.134 e. The Hall–Kier alpha value is -2.30. The van der Waals surface area contributed by atoms with Crippen molar-refractivity contribution < 1.29 is 0 Å². The molecule has 0 radical (unpaired) electrons. The standard InChI is InChI=1S/C17H23N5/c1-2-8-18-16-13-17(20-14-19-16)22-11-9-21(10-12-22)15-6-4-3-5-7-15/h3-7,13-14H,2,8-12H2,1H3,(H,18,19,20). The van der Waals surface area contributed by atoms with Gasteiger partial charge >= 0.3 is 0 Å². The van der Waals surface area contributed by atoms with E-state index in [1.807, 2.05) is 6.07 Å². The molecule has 1 fully saturated rings.